The number of aromatic nitrogens is 4. The van der Waals surface area contributed by atoms with Crippen LogP contribution in [0.2, 0.25) is 5.28 Å². The van der Waals surface area contributed by atoms with Gasteiger partial charge in [-0.2, -0.15) is 10.1 Å². The van der Waals surface area contributed by atoms with Gasteiger partial charge in [0.2, 0.25) is 5.28 Å². The summed E-state index contributed by atoms with van der Waals surface area (Å²) in [6, 6.07) is 0.156. The smallest absolute Gasteiger partial charge is 0.224 e. The van der Waals surface area contributed by atoms with E-state index in [0.29, 0.717) is 17.8 Å². The number of allylic oxidation sites excluding steroid dienone is 4. The van der Waals surface area contributed by atoms with Crippen molar-refractivity contribution in [2.24, 2.45) is 17.4 Å². The summed E-state index contributed by atoms with van der Waals surface area (Å²) >= 11 is 5.93. The number of fused-ring (bicyclic) bond motifs is 1. The molecule has 0 saturated carbocycles. The monoisotopic (exact) mass is 361 g/mol. The first-order valence-electron chi connectivity index (χ1n) is 8.08. The van der Waals surface area contributed by atoms with E-state index in [1.54, 1.807) is 12.3 Å². The largest absolute Gasteiger partial charge is 0.402 e. The summed E-state index contributed by atoms with van der Waals surface area (Å²) in [6.45, 7) is 7.94. The number of hydrogen-bond acceptors (Lipinski definition) is 6. The summed E-state index contributed by atoms with van der Waals surface area (Å²) < 4.78 is 1.85. The Morgan fingerprint density at radius 3 is 2.64 bits per heavy atom. The average molecular weight is 362 g/mol. The minimum atomic E-state index is 0.0443. The second-order valence-corrected chi connectivity index (χ2v) is 6.73. The van der Waals surface area contributed by atoms with Gasteiger partial charge in [0, 0.05) is 36.5 Å². The second kappa shape index (κ2) is 7.65. The zero-order valence-corrected chi connectivity index (χ0v) is 15.7. The van der Waals surface area contributed by atoms with Crippen LogP contribution in [0.25, 0.3) is 11.0 Å². The highest BCUT2D eigenvalue weighted by Gasteiger charge is 2.18. The Kier molecular flexibility index (Phi) is 5.79. The SMILES string of the molecule is CC(C=C(N)C(C)Cc1nn(C(C)C)c2nc(Cl)ncc12)=C(N)C=N. The molecule has 0 saturated heterocycles. The molecule has 0 aliphatic carbocycles. The van der Waals surface area contributed by atoms with Crippen molar-refractivity contribution >= 4 is 28.8 Å². The Labute approximate surface area is 152 Å². The van der Waals surface area contributed by atoms with Gasteiger partial charge < -0.3 is 16.9 Å². The number of hydrogen-bond donors (Lipinski definition) is 3. The fourth-order valence-electron chi connectivity index (χ4n) is 2.47. The maximum atomic E-state index is 7.21. The molecule has 2 aromatic heterocycles. The predicted octanol–water partition coefficient (Wildman–Crippen LogP) is 2.96. The molecule has 0 bridgehead atoms. The van der Waals surface area contributed by atoms with Crippen LogP contribution < -0.4 is 11.5 Å². The van der Waals surface area contributed by atoms with Gasteiger partial charge in [-0.15, -0.1) is 0 Å². The topological polar surface area (TPSA) is 119 Å². The molecule has 0 radical (unpaired) electrons. The highest BCUT2D eigenvalue weighted by Crippen LogP contribution is 2.24. The lowest BCUT2D eigenvalue weighted by molar-refractivity contribution is 0.532. The summed E-state index contributed by atoms with van der Waals surface area (Å²) in [7, 11) is 0. The van der Waals surface area contributed by atoms with Crippen LogP contribution in [0.15, 0.2) is 29.2 Å². The zero-order chi connectivity index (χ0) is 18.7. The first-order chi connectivity index (χ1) is 11.7. The molecule has 0 spiro atoms. The third-order valence-electron chi connectivity index (χ3n) is 4.05. The van der Waals surface area contributed by atoms with Gasteiger partial charge >= 0.3 is 0 Å². The van der Waals surface area contributed by atoms with Crippen molar-refractivity contribution in [2.45, 2.75) is 40.2 Å². The van der Waals surface area contributed by atoms with Crippen molar-refractivity contribution in [2.75, 3.05) is 0 Å². The highest BCUT2D eigenvalue weighted by atomic mass is 35.5. The average Bonchev–Trinajstić information content (AvgIpc) is 2.91. The molecule has 0 amide bonds. The van der Waals surface area contributed by atoms with Crippen molar-refractivity contribution < 1.29 is 0 Å². The lowest BCUT2D eigenvalue weighted by Crippen LogP contribution is -2.13. The number of nitrogens with zero attached hydrogens (tertiary/aromatic N) is 4. The molecular weight excluding hydrogens is 338 g/mol. The maximum absolute atomic E-state index is 7.21. The fourth-order valence-corrected chi connectivity index (χ4v) is 2.60. The van der Waals surface area contributed by atoms with Crippen LogP contribution in [0, 0.1) is 11.3 Å². The molecule has 25 heavy (non-hydrogen) atoms. The van der Waals surface area contributed by atoms with Crippen LogP contribution in [0.1, 0.15) is 39.4 Å². The quantitative estimate of drug-likeness (QED) is 0.415. The molecule has 8 heteroatoms. The number of nitrogens with two attached hydrogens (primary N) is 2. The molecule has 2 rings (SSSR count). The number of halogens is 1. The Bertz CT molecular complexity index is 848. The van der Waals surface area contributed by atoms with Crippen molar-refractivity contribution in [3.05, 3.63) is 40.2 Å². The van der Waals surface area contributed by atoms with E-state index in [0.717, 1.165) is 28.5 Å². The van der Waals surface area contributed by atoms with Gasteiger partial charge in [-0.1, -0.05) is 6.92 Å². The van der Waals surface area contributed by atoms with E-state index in [1.807, 2.05) is 32.4 Å². The van der Waals surface area contributed by atoms with Gasteiger partial charge in [0.1, 0.15) is 0 Å². The molecule has 1 atom stereocenters. The van der Waals surface area contributed by atoms with Crippen LogP contribution >= 0.6 is 11.6 Å². The van der Waals surface area contributed by atoms with Gasteiger partial charge in [0.25, 0.3) is 0 Å². The van der Waals surface area contributed by atoms with Gasteiger partial charge in [-0.05, 0) is 44.0 Å². The third kappa shape index (κ3) is 4.17. The minimum Gasteiger partial charge on any atom is -0.402 e. The van der Waals surface area contributed by atoms with Crippen LogP contribution in [-0.2, 0) is 6.42 Å². The van der Waals surface area contributed by atoms with E-state index in [4.69, 9.17) is 28.5 Å². The fraction of sp³-hybridized carbons (Fsp3) is 0.412. The molecule has 2 heterocycles. The second-order valence-electron chi connectivity index (χ2n) is 6.39. The molecule has 0 fully saturated rings. The van der Waals surface area contributed by atoms with Gasteiger partial charge in [0.15, 0.2) is 5.65 Å². The normalized spacial score (nSPS) is 14.7. The predicted molar refractivity (Wildman–Crippen MR) is 102 cm³/mol. The van der Waals surface area contributed by atoms with Crippen LogP contribution in [-0.4, -0.2) is 26.0 Å². The molecule has 0 aliphatic heterocycles. The van der Waals surface area contributed by atoms with Crippen molar-refractivity contribution in [3.63, 3.8) is 0 Å². The Morgan fingerprint density at radius 2 is 2.04 bits per heavy atom. The summed E-state index contributed by atoms with van der Waals surface area (Å²) in [5.74, 6) is 0.0443. The zero-order valence-electron chi connectivity index (χ0n) is 14.9. The maximum Gasteiger partial charge on any atom is 0.224 e. The molecule has 0 aliphatic rings. The third-order valence-corrected chi connectivity index (χ3v) is 4.23. The molecular formula is C17H24ClN7. The van der Waals surface area contributed by atoms with Crippen LogP contribution in [0.4, 0.5) is 0 Å². The van der Waals surface area contributed by atoms with Crippen molar-refractivity contribution in [1.29, 1.82) is 5.41 Å². The Hall–Kier alpha value is -2.41. The van der Waals surface area contributed by atoms with E-state index >= 15 is 0 Å². The summed E-state index contributed by atoms with van der Waals surface area (Å²) in [6.07, 6.45) is 5.26. The Balaban J connectivity index is 2.37. The molecule has 1 unspecified atom stereocenters. The molecule has 5 N–H and O–H groups in total. The minimum absolute atomic E-state index is 0.0443. The van der Waals surface area contributed by atoms with Gasteiger partial charge in [-0.25, -0.2) is 9.67 Å². The van der Waals surface area contributed by atoms with E-state index in [-0.39, 0.29) is 17.2 Å². The van der Waals surface area contributed by atoms with E-state index in [2.05, 4.69) is 15.1 Å². The van der Waals surface area contributed by atoms with E-state index in [1.165, 1.54) is 0 Å². The van der Waals surface area contributed by atoms with Crippen molar-refractivity contribution in [1.82, 2.24) is 19.7 Å². The van der Waals surface area contributed by atoms with Gasteiger partial charge in [0.05, 0.1) is 16.8 Å². The molecule has 0 aromatic carbocycles. The summed E-state index contributed by atoms with van der Waals surface area (Å²) in [4.78, 5) is 8.39. The summed E-state index contributed by atoms with van der Waals surface area (Å²) in [5.41, 5.74) is 15.4. The Morgan fingerprint density at radius 1 is 1.36 bits per heavy atom. The molecule has 134 valence electrons. The number of rotatable bonds is 6. The van der Waals surface area contributed by atoms with Gasteiger partial charge in [-0.3, -0.25) is 0 Å². The van der Waals surface area contributed by atoms with Crippen LogP contribution in [0.3, 0.4) is 0 Å². The molecule has 7 nitrogen and oxygen atoms in total. The number of nitrogens with one attached hydrogen (secondary N) is 1. The van der Waals surface area contributed by atoms with Crippen molar-refractivity contribution in [3.8, 4) is 0 Å². The first-order valence-corrected chi connectivity index (χ1v) is 8.45. The van der Waals surface area contributed by atoms with E-state index < -0.39 is 0 Å². The standard InChI is InChI=1S/C17H24ClN7/c1-9(2)25-16-12(8-22-17(18)23-16)15(24-25)6-11(4)13(20)5-10(3)14(21)7-19/h5,7-9,11,19H,6,20-21H2,1-4H3. The molecule has 2 aromatic rings. The van der Waals surface area contributed by atoms with E-state index in [9.17, 15) is 0 Å². The highest BCUT2D eigenvalue weighted by molar-refractivity contribution is 6.28. The lowest BCUT2D eigenvalue weighted by Gasteiger charge is -2.11. The van der Waals surface area contributed by atoms with Crippen LogP contribution in [0.5, 0.6) is 0 Å². The first kappa shape index (κ1) is 18.9. The summed E-state index contributed by atoms with van der Waals surface area (Å²) in [5, 5.41) is 13.0. The lowest BCUT2D eigenvalue weighted by atomic mass is 9.99.